The van der Waals surface area contributed by atoms with Gasteiger partial charge >= 0.3 is 6.36 Å². The number of nitrogens with one attached hydrogen (secondary N) is 1. The summed E-state index contributed by atoms with van der Waals surface area (Å²) in [7, 11) is -4.08. The van der Waals surface area contributed by atoms with Crippen molar-refractivity contribution in [3.8, 4) is 5.75 Å². The summed E-state index contributed by atoms with van der Waals surface area (Å²) in [6.07, 6.45) is -4.24. The number of rotatable bonds is 5. The highest BCUT2D eigenvalue weighted by Crippen LogP contribution is 2.29. The van der Waals surface area contributed by atoms with E-state index >= 15 is 0 Å². The van der Waals surface area contributed by atoms with Crippen LogP contribution < -0.4 is 9.46 Å². The standard InChI is InChI=1S/C12H14F3NO4S/c13-12(14,15)20-10-3-1-2-4-11(10)21(17,18)16-7-9-5-6-19-8-9/h1-4,9,16H,5-8H2/t9-/m0/s1. The third-order valence-corrected chi connectivity index (χ3v) is 4.41. The van der Waals surface area contributed by atoms with Crippen LogP contribution in [0, 0.1) is 5.92 Å². The maximum absolute atomic E-state index is 12.3. The van der Waals surface area contributed by atoms with E-state index in [1.54, 1.807) is 0 Å². The minimum Gasteiger partial charge on any atom is -0.404 e. The van der Waals surface area contributed by atoms with E-state index < -0.39 is 27.0 Å². The van der Waals surface area contributed by atoms with E-state index in [1.165, 1.54) is 12.1 Å². The molecule has 0 bridgehead atoms. The second-order valence-electron chi connectivity index (χ2n) is 4.58. The van der Waals surface area contributed by atoms with Gasteiger partial charge in [-0.15, -0.1) is 13.2 Å². The number of alkyl halides is 3. The lowest BCUT2D eigenvalue weighted by atomic mass is 10.1. The smallest absolute Gasteiger partial charge is 0.404 e. The zero-order valence-electron chi connectivity index (χ0n) is 10.9. The molecule has 9 heteroatoms. The molecular weight excluding hydrogens is 311 g/mol. The lowest BCUT2D eigenvalue weighted by molar-refractivity contribution is -0.275. The molecule has 1 fully saturated rings. The topological polar surface area (TPSA) is 64.6 Å². The quantitative estimate of drug-likeness (QED) is 0.898. The molecule has 0 aromatic heterocycles. The maximum atomic E-state index is 12.3. The zero-order valence-corrected chi connectivity index (χ0v) is 11.7. The fourth-order valence-corrected chi connectivity index (χ4v) is 3.17. The largest absolute Gasteiger partial charge is 0.573 e. The van der Waals surface area contributed by atoms with Gasteiger partial charge in [0.2, 0.25) is 10.0 Å². The van der Waals surface area contributed by atoms with Crippen LogP contribution in [-0.2, 0) is 14.8 Å². The molecule has 0 aliphatic carbocycles. The Morgan fingerprint density at radius 1 is 1.33 bits per heavy atom. The average Bonchev–Trinajstić information content (AvgIpc) is 2.88. The Labute approximate surface area is 120 Å². The minimum absolute atomic E-state index is 0.0236. The van der Waals surface area contributed by atoms with E-state index in [0.29, 0.717) is 19.6 Å². The Kier molecular flexibility index (Phi) is 4.74. The van der Waals surface area contributed by atoms with E-state index in [-0.39, 0.29) is 12.5 Å². The predicted molar refractivity (Wildman–Crippen MR) is 67.2 cm³/mol. The summed E-state index contributed by atoms with van der Waals surface area (Å²) < 4.78 is 72.2. The molecule has 0 saturated carbocycles. The SMILES string of the molecule is O=S(=O)(NC[C@@H]1CCOC1)c1ccccc1OC(F)(F)F. The molecule has 1 aromatic carbocycles. The van der Waals surface area contributed by atoms with Gasteiger partial charge in [-0.3, -0.25) is 0 Å². The van der Waals surface area contributed by atoms with Gasteiger partial charge in [-0.05, 0) is 24.5 Å². The molecule has 1 N–H and O–H groups in total. The summed E-state index contributed by atoms with van der Waals surface area (Å²) in [5.41, 5.74) is 0. The summed E-state index contributed by atoms with van der Waals surface area (Å²) >= 11 is 0. The minimum atomic E-state index is -4.95. The summed E-state index contributed by atoms with van der Waals surface area (Å²) in [6.45, 7) is 1.10. The number of sulfonamides is 1. The zero-order chi connectivity index (χ0) is 15.5. The van der Waals surface area contributed by atoms with Gasteiger partial charge < -0.3 is 9.47 Å². The van der Waals surface area contributed by atoms with Crippen LogP contribution in [0.5, 0.6) is 5.75 Å². The van der Waals surface area contributed by atoms with Crippen LogP contribution in [0.3, 0.4) is 0 Å². The number of halogens is 3. The Hall–Kier alpha value is -1.32. The van der Waals surface area contributed by atoms with Gasteiger partial charge in [-0.1, -0.05) is 12.1 Å². The molecule has 21 heavy (non-hydrogen) atoms. The molecule has 0 unspecified atom stereocenters. The average molecular weight is 325 g/mol. The summed E-state index contributed by atoms with van der Waals surface area (Å²) in [6, 6.07) is 4.62. The predicted octanol–water partition coefficient (Wildman–Crippen LogP) is 1.90. The van der Waals surface area contributed by atoms with Crippen LogP contribution in [0.25, 0.3) is 0 Å². The molecule has 1 aromatic rings. The number of hydrogen-bond acceptors (Lipinski definition) is 4. The van der Waals surface area contributed by atoms with Gasteiger partial charge in [-0.2, -0.15) is 0 Å². The highest BCUT2D eigenvalue weighted by Gasteiger charge is 2.34. The first kappa shape index (κ1) is 16.1. The van der Waals surface area contributed by atoms with E-state index in [2.05, 4.69) is 9.46 Å². The third-order valence-electron chi connectivity index (χ3n) is 2.95. The van der Waals surface area contributed by atoms with Crippen LogP contribution in [0.4, 0.5) is 13.2 Å². The van der Waals surface area contributed by atoms with E-state index in [4.69, 9.17) is 4.74 Å². The van der Waals surface area contributed by atoms with Crippen LogP contribution in [0.1, 0.15) is 6.42 Å². The summed E-state index contributed by atoms with van der Waals surface area (Å²) in [4.78, 5) is -0.541. The lowest BCUT2D eigenvalue weighted by Gasteiger charge is -2.15. The van der Waals surface area contributed by atoms with Crippen molar-refractivity contribution in [1.82, 2.24) is 4.72 Å². The van der Waals surface area contributed by atoms with Gasteiger partial charge in [-0.25, -0.2) is 13.1 Å². The summed E-state index contributed by atoms with van der Waals surface area (Å²) in [5.74, 6) is -0.726. The number of ether oxygens (including phenoxy) is 2. The fraction of sp³-hybridized carbons (Fsp3) is 0.500. The summed E-state index contributed by atoms with van der Waals surface area (Å²) in [5, 5.41) is 0. The Morgan fingerprint density at radius 3 is 2.67 bits per heavy atom. The second-order valence-corrected chi connectivity index (χ2v) is 6.31. The van der Waals surface area contributed by atoms with Crippen LogP contribution >= 0.6 is 0 Å². The van der Waals surface area contributed by atoms with Crippen LogP contribution in [0.15, 0.2) is 29.2 Å². The molecule has 1 aliphatic heterocycles. The van der Waals surface area contributed by atoms with Gasteiger partial charge in [0.1, 0.15) is 10.6 Å². The van der Waals surface area contributed by atoms with Crippen molar-refractivity contribution in [1.29, 1.82) is 0 Å². The Morgan fingerprint density at radius 2 is 2.05 bits per heavy atom. The van der Waals surface area contributed by atoms with Crippen molar-refractivity contribution in [3.05, 3.63) is 24.3 Å². The van der Waals surface area contributed by atoms with Crippen molar-refractivity contribution in [3.63, 3.8) is 0 Å². The molecular formula is C12H14F3NO4S. The van der Waals surface area contributed by atoms with Crippen molar-refractivity contribution in [2.45, 2.75) is 17.7 Å². The van der Waals surface area contributed by atoms with E-state index in [1.807, 2.05) is 0 Å². The van der Waals surface area contributed by atoms with Crippen molar-refractivity contribution in [2.75, 3.05) is 19.8 Å². The van der Waals surface area contributed by atoms with Gasteiger partial charge in [0.05, 0.1) is 6.61 Å². The molecule has 1 atom stereocenters. The number of para-hydroxylation sites is 1. The molecule has 2 rings (SSSR count). The normalized spacial score (nSPS) is 19.7. The third kappa shape index (κ3) is 4.58. The van der Waals surface area contributed by atoms with Crippen LogP contribution in [0.2, 0.25) is 0 Å². The first-order chi connectivity index (χ1) is 9.78. The van der Waals surface area contributed by atoms with Crippen molar-refractivity contribution >= 4 is 10.0 Å². The molecule has 5 nitrogen and oxygen atoms in total. The highest BCUT2D eigenvalue weighted by molar-refractivity contribution is 7.89. The first-order valence-corrected chi connectivity index (χ1v) is 7.68. The van der Waals surface area contributed by atoms with Gasteiger partial charge in [0.15, 0.2) is 0 Å². The number of benzene rings is 1. The Bertz CT molecular complexity index is 582. The maximum Gasteiger partial charge on any atom is 0.573 e. The molecule has 1 aliphatic rings. The number of hydrogen-bond donors (Lipinski definition) is 1. The second kappa shape index (κ2) is 6.20. The fourth-order valence-electron chi connectivity index (χ4n) is 1.93. The van der Waals surface area contributed by atoms with Crippen molar-refractivity contribution < 1.29 is 31.1 Å². The molecule has 1 heterocycles. The van der Waals surface area contributed by atoms with Crippen molar-refractivity contribution in [2.24, 2.45) is 5.92 Å². The molecule has 118 valence electrons. The molecule has 0 radical (unpaired) electrons. The monoisotopic (exact) mass is 325 g/mol. The van der Waals surface area contributed by atoms with Gasteiger partial charge in [0, 0.05) is 13.2 Å². The molecule has 1 saturated heterocycles. The Balaban J connectivity index is 2.15. The molecule has 0 amide bonds. The van der Waals surface area contributed by atoms with E-state index in [0.717, 1.165) is 12.1 Å². The lowest BCUT2D eigenvalue weighted by Crippen LogP contribution is -2.30. The molecule has 0 spiro atoms. The van der Waals surface area contributed by atoms with E-state index in [9.17, 15) is 21.6 Å². The highest BCUT2D eigenvalue weighted by atomic mass is 32.2. The van der Waals surface area contributed by atoms with Crippen LogP contribution in [-0.4, -0.2) is 34.5 Å². The van der Waals surface area contributed by atoms with Gasteiger partial charge in [0.25, 0.3) is 0 Å². The first-order valence-electron chi connectivity index (χ1n) is 6.20.